The minimum atomic E-state index is -3.31. The molecule has 3 heterocycles. The van der Waals surface area contributed by atoms with E-state index < -0.39 is 10.0 Å². The van der Waals surface area contributed by atoms with E-state index in [2.05, 4.69) is 20.1 Å². The van der Waals surface area contributed by atoms with Crippen molar-refractivity contribution in [3.63, 3.8) is 0 Å². The van der Waals surface area contributed by atoms with Crippen molar-refractivity contribution in [1.82, 2.24) is 29.8 Å². The number of aromatic nitrogens is 4. The largest absolute Gasteiger partial charge is 0.348 e. The summed E-state index contributed by atoms with van der Waals surface area (Å²) in [6, 6.07) is 3.66. The van der Waals surface area contributed by atoms with Gasteiger partial charge in [-0.1, -0.05) is 0 Å². The number of rotatable bonds is 8. The zero-order valence-electron chi connectivity index (χ0n) is 18.2. The second-order valence-electron chi connectivity index (χ2n) is 8.27. The summed E-state index contributed by atoms with van der Waals surface area (Å²) in [6.45, 7) is 4.22. The summed E-state index contributed by atoms with van der Waals surface area (Å²) < 4.78 is 26.7. The summed E-state index contributed by atoms with van der Waals surface area (Å²) in [5, 5.41) is 7.76. The predicted molar refractivity (Wildman–Crippen MR) is 120 cm³/mol. The Kier molecular flexibility index (Phi) is 5.87. The zero-order valence-corrected chi connectivity index (χ0v) is 19.0. The van der Waals surface area contributed by atoms with Crippen molar-refractivity contribution in [1.29, 1.82) is 0 Å². The lowest BCUT2D eigenvalue weighted by molar-refractivity contribution is 0.0952. The number of aryl methyl sites for hydroxylation is 2. The Labute approximate surface area is 185 Å². The van der Waals surface area contributed by atoms with Gasteiger partial charge in [-0.25, -0.2) is 22.8 Å². The van der Waals surface area contributed by atoms with Gasteiger partial charge < -0.3 is 10.3 Å². The highest BCUT2D eigenvalue weighted by Crippen LogP contribution is 2.40. The fourth-order valence-corrected chi connectivity index (χ4v) is 4.17. The maximum Gasteiger partial charge on any atom is 0.253 e. The van der Waals surface area contributed by atoms with E-state index in [1.54, 1.807) is 16.9 Å². The van der Waals surface area contributed by atoms with Crippen LogP contribution in [-0.4, -0.2) is 46.9 Å². The highest BCUT2D eigenvalue weighted by molar-refractivity contribution is 7.88. The molecule has 0 aliphatic heterocycles. The molecule has 1 aliphatic carbocycles. The van der Waals surface area contributed by atoms with Crippen molar-refractivity contribution in [2.24, 2.45) is 0 Å². The molecule has 1 amide bonds. The smallest absolute Gasteiger partial charge is 0.253 e. The average Bonchev–Trinajstić information content (AvgIpc) is 3.47. The molecule has 0 bridgehead atoms. The van der Waals surface area contributed by atoms with E-state index in [9.17, 15) is 18.0 Å². The lowest BCUT2D eigenvalue weighted by atomic mass is 10.1. The first-order valence-electron chi connectivity index (χ1n) is 10.4. The van der Waals surface area contributed by atoms with Crippen LogP contribution in [0.25, 0.3) is 11.0 Å². The number of fused-ring (bicyclic) bond motifs is 1. The van der Waals surface area contributed by atoms with E-state index in [4.69, 9.17) is 4.98 Å². The first-order valence-corrected chi connectivity index (χ1v) is 12.3. The average molecular weight is 459 g/mol. The minimum absolute atomic E-state index is 0.106. The Morgan fingerprint density at radius 1 is 1.28 bits per heavy atom. The standard InChI is InChI=1S/C21H26N6O4S/c1-12-8-13(2)25-21(29)16(12)10-22-20(28)15-9-18(14-4-5-14)26-19-17(15)11-23-27(19)7-6-24-32(3,30)31/h8-9,11,14,24H,4-7,10H2,1-3H3,(H,22,28)(H,25,29). The van der Waals surface area contributed by atoms with Crippen molar-refractivity contribution >= 4 is 27.0 Å². The first-order chi connectivity index (χ1) is 15.1. The van der Waals surface area contributed by atoms with Crippen molar-refractivity contribution in [2.75, 3.05) is 12.8 Å². The van der Waals surface area contributed by atoms with E-state index in [1.807, 2.05) is 19.9 Å². The molecule has 1 fully saturated rings. The van der Waals surface area contributed by atoms with E-state index in [0.29, 0.717) is 28.1 Å². The van der Waals surface area contributed by atoms with Gasteiger partial charge in [0, 0.05) is 36.0 Å². The summed E-state index contributed by atoms with van der Waals surface area (Å²) in [5.74, 6) is -0.00174. The summed E-state index contributed by atoms with van der Waals surface area (Å²) in [5.41, 5.74) is 3.69. The van der Waals surface area contributed by atoms with Crippen LogP contribution in [0.4, 0.5) is 0 Å². The van der Waals surface area contributed by atoms with Crippen LogP contribution in [0, 0.1) is 13.8 Å². The fraction of sp³-hybridized carbons (Fsp3) is 0.429. The van der Waals surface area contributed by atoms with Crippen LogP contribution >= 0.6 is 0 Å². The molecule has 170 valence electrons. The molecule has 3 N–H and O–H groups in total. The number of nitrogens with one attached hydrogen (secondary N) is 3. The van der Waals surface area contributed by atoms with Gasteiger partial charge in [0.25, 0.3) is 11.5 Å². The van der Waals surface area contributed by atoms with Crippen LogP contribution in [0.1, 0.15) is 51.6 Å². The molecule has 0 spiro atoms. The molecule has 0 unspecified atom stereocenters. The van der Waals surface area contributed by atoms with Crippen LogP contribution in [0.2, 0.25) is 0 Å². The quantitative estimate of drug-likeness (QED) is 0.462. The highest BCUT2D eigenvalue weighted by atomic mass is 32.2. The maximum absolute atomic E-state index is 13.1. The lowest BCUT2D eigenvalue weighted by Gasteiger charge is -2.11. The summed E-state index contributed by atoms with van der Waals surface area (Å²) in [6.07, 6.45) is 4.70. The van der Waals surface area contributed by atoms with E-state index in [-0.39, 0.29) is 31.1 Å². The molecule has 32 heavy (non-hydrogen) atoms. The van der Waals surface area contributed by atoms with Gasteiger partial charge in [-0.15, -0.1) is 0 Å². The molecular formula is C21H26N6O4S. The van der Waals surface area contributed by atoms with Gasteiger partial charge >= 0.3 is 0 Å². The number of nitrogens with zero attached hydrogens (tertiary/aromatic N) is 3. The highest BCUT2D eigenvalue weighted by Gasteiger charge is 2.28. The topological polar surface area (TPSA) is 139 Å². The van der Waals surface area contributed by atoms with Gasteiger partial charge in [0.2, 0.25) is 10.0 Å². The second-order valence-corrected chi connectivity index (χ2v) is 10.1. The Morgan fingerprint density at radius 2 is 2.03 bits per heavy atom. The van der Waals surface area contributed by atoms with Crippen molar-refractivity contribution in [3.05, 3.63) is 56.8 Å². The molecule has 0 saturated heterocycles. The Bertz CT molecular complexity index is 1350. The van der Waals surface area contributed by atoms with Gasteiger partial charge in [-0.2, -0.15) is 5.10 Å². The molecule has 1 aliphatic rings. The molecule has 3 aromatic heterocycles. The van der Waals surface area contributed by atoms with Crippen LogP contribution in [0.15, 0.2) is 23.1 Å². The summed E-state index contributed by atoms with van der Waals surface area (Å²) in [7, 11) is -3.31. The van der Waals surface area contributed by atoms with Crippen molar-refractivity contribution < 1.29 is 13.2 Å². The molecule has 4 rings (SSSR count). The van der Waals surface area contributed by atoms with Crippen LogP contribution in [0.3, 0.4) is 0 Å². The van der Waals surface area contributed by atoms with Crippen LogP contribution in [0.5, 0.6) is 0 Å². The zero-order chi connectivity index (χ0) is 23.0. The monoisotopic (exact) mass is 458 g/mol. The number of carbonyl (C=O) groups is 1. The molecule has 0 radical (unpaired) electrons. The third kappa shape index (κ3) is 4.89. The number of amides is 1. The Morgan fingerprint density at radius 3 is 2.69 bits per heavy atom. The minimum Gasteiger partial charge on any atom is -0.348 e. The number of H-pyrrole nitrogens is 1. The van der Waals surface area contributed by atoms with E-state index in [0.717, 1.165) is 36.0 Å². The number of hydrogen-bond acceptors (Lipinski definition) is 6. The van der Waals surface area contributed by atoms with Gasteiger partial charge in [0.05, 0.1) is 29.9 Å². The predicted octanol–water partition coefficient (Wildman–Crippen LogP) is 1.09. The number of hydrogen-bond donors (Lipinski definition) is 3. The Hall–Kier alpha value is -3.05. The second kappa shape index (κ2) is 8.47. The number of aromatic amines is 1. The third-order valence-corrected chi connectivity index (χ3v) is 6.21. The molecule has 10 nitrogen and oxygen atoms in total. The van der Waals surface area contributed by atoms with Gasteiger partial charge in [0.1, 0.15) is 0 Å². The SMILES string of the molecule is Cc1cc(C)c(CNC(=O)c2cc(C3CC3)nc3c2cnn3CCNS(C)(=O)=O)c(=O)[nH]1. The molecule has 1 saturated carbocycles. The first kappa shape index (κ1) is 22.2. The number of pyridine rings is 2. The normalized spacial score (nSPS) is 14.1. The molecule has 0 atom stereocenters. The fourth-order valence-electron chi connectivity index (χ4n) is 3.71. The van der Waals surface area contributed by atoms with Crippen molar-refractivity contribution in [2.45, 2.75) is 45.7 Å². The maximum atomic E-state index is 13.1. The number of carbonyl (C=O) groups excluding carboxylic acids is 1. The summed E-state index contributed by atoms with van der Waals surface area (Å²) >= 11 is 0. The van der Waals surface area contributed by atoms with Gasteiger partial charge in [-0.05, 0) is 44.4 Å². The number of sulfonamides is 1. The Balaban J connectivity index is 1.61. The molecular weight excluding hydrogens is 432 g/mol. The molecule has 3 aromatic rings. The summed E-state index contributed by atoms with van der Waals surface area (Å²) in [4.78, 5) is 32.8. The van der Waals surface area contributed by atoms with Gasteiger partial charge in [0.15, 0.2) is 5.65 Å². The lowest BCUT2D eigenvalue weighted by Crippen LogP contribution is -2.28. The van der Waals surface area contributed by atoms with Crippen LogP contribution < -0.4 is 15.6 Å². The molecule has 0 aromatic carbocycles. The molecule has 11 heteroatoms. The van der Waals surface area contributed by atoms with E-state index >= 15 is 0 Å². The van der Waals surface area contributed by atoms with Crippen LogP contribution in [-0.2, 0) is 23.1 Å². The van der Waals surface area contributed by atoms with E-state index in [1.165, 1.54) is 0 Å². The third-order valence-electron chi connectivity index (χ3n) is 5.48. The van der Waals surface area contributed by atoms with Gasteiger partial charge in [-0.3, -0.25) is 9.59 Å². The van der Waals surface area contributed by atoms with Crippen molar-refractivity contribution in [3.8, 4) is 0 Å².